The molecule has 0 radical (unpaired) electrons. The Balaban J connectivity index is 2.03. The summed E-state index contributed by atoms with van der Waals surface area (Å²) in [5, 5.41) is 8.98. The van der Waals surface area contributed by atoms with Crippen LogP contribution < -0.4 is 9.62 Å². The molecule has 7 nitrogen and oxygen atoms in total. The Kier molecular flexibility index (Phi) is 5.61. The van der Waals surface area contributed by atoms with Crippen LogP contribution >= 0.6 is 0 Å². The fraction of sp³-hybridized carbons (Fsp3) is 0.500. The SMILES string of the molecule is CC(=O)N(C)c1ccc(S(=O)(=O)NC2CCC(C(=O)O)CC2)cc1. The molecule has 0 saturated heterocycles. The quantitative estimate of drug-likeness (QED) is 0.836. The van der Waals surface area contributed by atoms with Crippen LogP contribution in [0.1, 0.15) is 32.6 Å². The van der Waals surface area contributed by atoms with Crippen molar-refractivity contribution in [2.75, 3.05) is 11.9 Å². The minimum atomic E-state index is -3.66. The highest BCUT2D eigenvalue weighted by atomic mass is 32.2. The van der Waals surface area contributed by atoms with E-state index in [0.29, 0.717) is 31.4 Å². The van der Waals surface area contributed by atoms with Crippen LogP contribution in [0.15, 0.2) is 29.2 Å². The molecule has 1 aliphatic rings. The molecule has 1 amide bonds. The first-order valence-electron chi connectivity index (χ1n) is 7.80. The molecule has 0 aliphatic heterocycles. The number of hydrogen-bond donors (Lipinski definition) is 2. The Morgan fingerprint density at radius 2 is 1.67 bits per heavy atom. The molecule has 0 bridgehead atoms. The van der Waals surface area contributed by atoms with Crippen LogP contribution in [0.4, 0.5) is 5.69 Å². The Morgan fingerprint density at radius 3 is 2.12 bits per heavy atom. The normalized spacial score (nSPS) is 21.2. The first kappa shape index (κ1) is 18.4. The van der Waals surface area contributed by atoms with Gasteiger partial charge in [-0.3, -0.25) is 9.59 Å². The van der Waals surface area contributed by atoms with Crippen LogP contribution in [0.2, 0.25) is 0 Å². The van der Waals surface area contributed by atoms with Crippen molar-refractivity contribution in [1.82, 2.24) is 4.72 Å². The molecule has 0 spiro atoms. The number of hydrogen-bond acceptors (Lipinski definition) is 4. The molecule has 1 saturated carbocycles. The van der Waals surface area contributed by atoms with Crippen LogP contribution in [-0.2, 0) is 19.6 Å². The molecule has 8 heteroatoms. The van der Waals surface area contributed by atoms with Crippen LogP contribution in [0.25, 0.3) is 0 Å². The van der Waals surface area contributed by atoms with E-state index in [-0.39, 0.29) is 22.8 Å². The van der Waals surface area contributed by atoms with Crippen molar-refractivity contribution in [2.45, 2.75) is 43.5 Å². The van der Waals surface area contributed by atoms with Crippen LogP contribution in [-0.4, -0.2) is 38.5 Å². The predicted molar refractivity (Wildman–Crippen MR) is 89.2 cm³/mol. The van der Waals surface area contributed by atoms with Gasteiger partial charge in [0.15, 0.2) is 0 Å². The summed E-state index contributed by atoms with van der Waals surface area (Å²) in [7, 11) is -2.05. The average Bonchev–Trinajstić information content (AvgIpc) is 2.54. The molecule has 1 aromatic carbocycles. The maximum Gasteiger partial charge on any atom is 0.306 e. The Labute approximate surface area is 141 Å². The lowest BCUT2D eigenvalue weighted by Gasteiger charge is -2.26. The zero-order chi connectivity index (χ0) is 17.9. The van der Waals surface area contributed by atoms with Crippen molar-refractivity contribution in [3.8, 4) is 0 Å². The van der Waals surface area contributed by atoms with Gasteiger partial charge in [0, 0.05) is 25.7 Å². The standard InChI is InChI=1S/C16H22N2O5S/c1-11(19)18(2)14-7-9-15(10-8-14)24(22,23)17-13-5-3-12(4-6-13)16(20)21/h7-10,12-13,17H,3-6H2,1-2H3,(H,20,21). The molecule has 0 unspecified atom stereocenters. The Bertz CT molecular complexity index is 706. The Morgan fingerprint density at radius 1 is 1.12 bits per heavy atom. The highest BCUT2D eigenvalue weighted by molar-refractivity contribution is 7.89. The number of carbonyl (C=O) groups is 2. The molecule has 24 heavy (non-hydrogen) atoms. The highest BCUT2D eigenvalue weighted by Gasteiger charge is 2.28. The van der Waals surface area contributed by atoms with Crippen molar-refractivity contribution in [3.63, 3.8) is 0 Å². The number of aliphatic carboxylic acids is 1. The van der Waals surface area contributed by atoms with Gasteiger partial charge in [0.1, 0.15) is 0 Å². The molecule has 0 heterocycles. The van der Waals surface area contributed by atoms with Crippen LogP contribution in [0, 0.1) is 5.92 Å². The summed E-state index contributed by atoms with van der Waals surface area (Å²) in [6.45, 7) is 1.43. The fourth-order valence-electron chi connectivity index (χ4n) is 2.78. The van der Waals surface area contributed by atoms with E-state index in [4.69, 9.17) is 5.11 Å². The molecular formula is C16H22N2O5S. The average molecular weight is 354 g/mol. The Hall–Kier alpha value is -1.93. The van der Waals surface area contributed by atoms with E-state index in [2.05, 4.69) is 4.72 Å². The number of benzene rings is 1. The maximum atomic E-state index is 12.4. The van der Waals surface area contributed by atoms with Crippen molar-refractivity contribution in [2.24, 2.45) is 5.92 Å². The number of nitrogens with zero attached hydrogens (tertiary/aromatic N) is 1. The summed E-state index contributed by atoms with van der Waals surface area (Å²) >= 11 is 0. The van der Waals surface area contributed by atoms with Gasteiger partial charge in [-0.1, -0.05) is 0 Å². The third kappa shape index (κ3) is 4.33. The predicted octanol–water partition coefficient (Wildman–Crippen LogP) is 1.59. The van der Waals surface area contributed by atoms with Gasteiger partial charge in [0.05, 0.1) is 10.8 Å². The second-order valence-electron chi connectivity index (χ2n) is 6.08. The molecule has 0 aromatic heterocycles. The second-order valence-corrected chi connectivity index (χ2v) is 7.79. The number of rotatable bonds is 5. The van der Waals surface area contributed by atoms with Crippen molar-refractivity contribution in [3.05, 3.63) is 24.3 Å². The maximum absolute atomic E-state index is 12.4. The smallest absolute Gasteiger partial charge is 0.306 e. The molecule has 1 aromatic rings. The number of carbonyl (C=O) groups excluding carboxylic acids is 1. The van der Waals surface area contributed by atoms with Gasteiger partial charge in [-0.05, 0) is 49.9 Å². The van der Waals surface area contributed by atoms with E-state index in [9.17, 15) is 18.0 Å². The number of sulfonamides is 1. The second kappa shape index (κ2) is 7.31. The van der Waals surface area contributed by atoms with Gasteiger partial charge in [0.2, 0.25) is 15.9 Å². The van der Waals surface area contributed by atoms with E-state index >= 15 is 0 Å². The van der Waals surface area contributed by atoms with Crippen molar-refractivity contribution in [1.29, 1.82) is 0 Å². The zero-order valence-corrected chi connectivity index (χ0v) is 14.5. The molecule has 1 fully saturated rings. The topological polar surface area (TPSA) is 104 Å². The van der Waals surface area contributed by atoms with Gasteiger partial charge in [-0.2, -0.15) is 0 Å². The summed E-state index contributed by atoms with van der Waals surface area (Å²) in [6.07, 6.45) is 1.98. The lowest BCUT2D eigenvalue weighted by atomic mass is 9.87. The summed E-state index contributed by atoms with van der Waals surface area (Å²) in [5.41, 5.74) is 0.614. The number of carboxylic acids is 1. The monoisotopic (exact) mass is 354 g/mol. The van der Waals surface area contributed by atoms with Crippen molar-refractivity contribution >= 4 is 27.6 Å². The summed E-state index contributed by atoms with van der Waals surface area (Å²) in [4.78, 5) is 23.8. The van der Waals surface area contributed by atoms with Gasteiger partial charge in [-0.25, -0.2) is 13.1 Å². The number of anilines is 1. The largest absolute Gasteiger partial charge is 0.481 e. The third-order valence-corrected chi connectivity index (χ3v) is 5.94. The van der Waals surface area contributed by atoms with Crippen molar-refractivity contribution < 1.29 is 23.1 Å². The first-order valence-corrected chi connectivity index (χ1v) is 9.28. The van der Waals surface area contributed by atoms with Gasteiger partial charge in [0.25, 0.3) is 0 Å². The molecule has 132 valence electrons. The van der Waals surface area contributed by atoms with E-state index in [1.54, 1.807) is 19.2 Å². The molecular weight excluding hydrogens is 332 g/mol. The lowest BCUT2D eigenvalue weighted by Crippen LogP contribution is -2.38. The minimum absolute atomic E-state index is 0.128. The first-order chi connectivity index (χ1) is 11.2. The summed E-state index contributed by atoms with van der Waals surface area (Å²) in [5.74, 6) is -1.34. The molecule has 0 atom stereocenters. The number of carboxylic acid groups (broad SMARTS) is 1. The van der Waals surface area contributed by atoms with Gasteiger partial charge in [-0.15, -0.1) is 0 Å². The van der Waals surface area contributed by atoms with Gasteiger partial charge < -0.3 is 10.0 Å². The molecule has 2 rings (SSSR count). The lowest BCUT2D eigenvalue weighted by molar-refractivity contribution is -0.142. The number of amides is 1. The van der Waals surface area contributed by atoms with E-state index in [1.807, 2.05) is 0 Å². The van der Waals surface area contributed by atoms with E-state index in [1.165, 1.54) is 24.0 Å². The molecule has 2 N–H and O–H groups in total. The number of nitrogens with one attached hydrogen (secondary N) is 1. The highest BCUT2D eigenvalue weighted by Crippen LogP contribution is 2.26. The van der Waals surface area contributed by atoms with Gasteiger partial charge >= 0.3 is 5.97 Å². The van der Waals surface area contributed by atoms with E-state index < -0.39 is 16.0 Å². The zero-order valence-electron chi connectivity index (χ0n) is 13.7. The third-order valence-electron chi connectivity index (χ3n) is 4.40. The minimum Gasteiger partial charge on any atom is -0.481 e. The van der Waals surface area contributed by atoms with Crippen LogP contribution in [0.5, 0.6) is 0 Å². The fourth-order valence-corrected chi connectivity index (χ4v) is 4.08. The van der Waals surface area contributed by atoms with Crippen LogP contribution in [0.3, 0.4) is 0 Å². The summed E-state index contributed by atoms with van der Waals surface area (Å²) in [6, 6.07) is 5.83. The molecule has 1 aliphatic carbocycles. The summed E-state index contributed by atoms with van der Waals surface area (Å²) < 4.78 is 27.5. The van der Waals surface area contributed by atoms with E-state index in [0.717, 1.165) is 0 Å².